The minimum Gasteiger partial charge on any atom is -0.396 e. The van der Waals surface area contributed by atoms with E-state index >= 15 is 0 Å². The fourth-order valence-corrected chi connectivity index (χ4v) is 1.71. The second-order valence-corrected chi connectivity index (χ2v) is 4.57. The van der Waals surface area contributed by atoms with E-state index in [9.17, 15) is 4.79 Å². The van der Waals surface area contributed by atoms with E-state index in [1.165, 1.54) is 0 Å². The van der Waals surface area contributed by atoms with Crippen molar-refractivity contribution in [1.29, 1.82) is 0 Å². The van der Waals surface area contributed by atoms with Crippen LogP contribution in [0.5, 0.6) is 0 Å². The zero-order valence-electron chi connectivity index (χ0n) is 9.95. The SMILES string of the molecule is CC(CCCO)NC(=O)Cc1ccc(Cl)cc1. The van der Waals surface area contributed by atoms with Crippen LogP contribution in [0.25, 0.3) is 0 Å². The van der Waals surface area contributed by atoms with Gasteiger partial charge in [0, 0.05) is 17.7 Å². The Kier molecular flexibility index (Phi) is 6.01. The van der Waals surface area contributed by atoms with Crippen molar-refractivity contribution in [3.8, 4) is 0 Å². The van der Waals surface area contributed by atoms with Gasteiger partial charge in [0.25, 0.3) is 0 Å². The number of halogens is 1. The molecule has 94 valence electrons. The average molecular weight is 256 g/mol. The molecule has 3 nitrogen and oxygen atoms in total. The third-order valence-electron chi connectivity index (χ3n) is 2.48. The Hall–Kier alpha value is -1.06. The lowest BCUT2D eigenvalue weighted by atomic mass is 10.1. The van der Waals surface area contributed by atoms with E-state index < -0.39 is 0 Å². The van der Waals surface area contributed by atoms with Gasteiger partial charge in [0.05, 0.1) is 6.42 Å². The molecule has 0 aliphatic carbocycles. The maximum Gasteiger partial charge on any atom is 0.224 e. The molecule has 1 atom stereocenters. The first-order valence-electron chi connectivity index (χ1n) is 5.76. The third kappa shape index (κ3) is 5.71. The van der Waals surface area contributed by atoms with E-state index in [0.717, 1.165) is 12.0 Å². The van der Waals surface area contributed by atoms with E-state index in [1.54, 1.807) is 12.1 Å². The summed E-state index contributed by atoms with van der Waals surface area (Å²) in [6, 6.07) is 7.35. The molecule has 0 saturated heterocycles. The minimum absolute atomic E-state index is 0.00207. The molecular formula is C13H18ClNO2. The van der Waals surface area contributed by atoms with E-state index in [4.69, 9.17) is 16.7 Å². The Morgan fingerprint density at radius 2 is 2.06 bits per heavy atom. The molecule has 1 aromatic rings. The molecule has 1 rings (SSSR count). The van der Waals surface area contributed by atoms with Crippen LogP contribution < -0.4 is 5.32 Å². The summed E-state index contributed by atoms with van der Waals surface area (Å²) in [6.07, 6.45) is 1.87. The first-order valence-corrected chi connectivity index (χ1v) is 6.14. The molecule has 1 unspecified atom stereocenters. The van der Waals surface area contributed by atoms with Crippen LogP contribution in [0.2, 0.25) is 5.02 Å². The lowest BCUT2D eigenvalue weighted by Crippen LogP contribution is -2.33. The predicted octanol–water partition coefficient (Wildman–Crippen LogP) is 2.16. The number of carbonyl (C=O) groups excluding carboxylic acids is 1. The number of benzene rings is 1. The summed E-state index contributed by atoms with van der Waals surface area (Å²) in [5.41, 5.74) is 0.946. The topological polar surface area (TPSA) is 49.3 Å². The van der Waals surface area contributed by atoms with Gasteiger partial charge >= 0.3 is 0 Å². The normalized spacial score (nSPS) is 12.2. The Bertz CT molecular complexity index is 351. The van der Waals surface area contributed by atoms with Gasteiger partial charge in [0.15, 0.2) is 0 Å². The molecule has 0 bridgehead atoms. The average Bonchev–Trinajstić information content (AvgIpc) is 2.29. The molecule has 0 spiro atoms. The lowest BCUT2D eigenvalue weighted by molar-refractivity contribution is -0.121. The second kappa shape index (κ2) is 7.30. The lowest BCUT2D eigenvalue weighted by Gasteiger charge is -2.13. The van der Waals surface area contributed by atoms with Gasteiger partial charge in [-0.25, -0.2) is 0 Å². The van der Waals surface area contributed by atoms with Crippen molar-refractivity contribution in [2.24, 2.45) is 0 Å². The molecule has 0 aliphatic rings. The van der Waals surface area contributed by atoms with Crippen LogP contribution in [0.15, 0.2) is 24.3 Å². The first-order chi connectivity index (χ1) is 8.11. The number of aliphatic hydroxyl groups is 1. The quantitative estimate of drug-likeness (QED) is 0.819. The van der Waals surface area contributed by atoms with Gasteiger partial charge in [0.2, 0.25) is 5.91 Å². The van der Waals surface area contributed by atoms with Crippen LogP contribution in [0, 0.1) is 0 Å². The number of nitrogens with one attached hydrogen (secondary N) is 1. The standard InChI is InChI=1S/C13H18ClNO2/c1-10(3-2-8-16)15-13(17)9-11-4-6-12(14)7-5-11/h4-7,10,16H,2-3,8-9H2,1H3,(H,15,17). The van der Waals surface area contributed by atoms with Crippen LogP contribution >= 0.6 is 11.6 Å². The number of rotatable bonds is 6. The van der Waals surface area contributed by atoms with Gasteiger partial charge in [-0.2, -0.15) is 0 Å². The van der Waals surface area contributed by atoms with E-state index in [1.807, 2.05) is 19.1 Å². The van der Waals surface area contributed by atoms with Gasteiger partial charge in [-0.15, -0.1) is 0 Å². The van der Waals surface area contributed by atoms with Crippen molar-refractivity contribution in [1.82, 2.24) is 5.32 Å². The highest BCUT2D eigenvalue weighted by molar-refractivity contribution is 6.30. The molecule has 4 heteroatoms. The maximum absolute atomic E-state index is 11.7. The molecule has 17 heavy (non-hydrogen) atoms. The largest absolute Gasteiger partial charge is 0.396 e. The summed E-state index contributed by atoms with van der Waals surface area (Å²) in [7, 11) is 0. The number of carbonyl (C=O) groups is 1. The zero-order chi connectivity index (χ0) is 12.7. The van der Waals surface area contributed by atoms with E-state index in [2.05, 4.69) is 5.32 Å². The minimum atomic E-state index is -0.00207. The highest BCUT2D eigenvalue weighted by atomic mass is 35.5. The van der Waals surface area contributed by atoms with E-state index in [-0.39, 0.29) is 18.6 Å². The Balaban J connectivity index is 2.36. The van der Waals surface area contributed by atoms with Crippen molar-refractivity contribution in [2.75, 3.05) is 6.61 Å². The molecule has 0 radical (unpaired) electrons. The van der Waals surface area contributed by atoms with Crippen molar-refractivity contribution < 1.29 is 9.90 Å². The molecule has 2 N–H and O–H groups in total. The summed E-state index contributed by atoms with van der Waals surface area (Å²) in [4.78, 5) is 11.7. The van der Waals surface area contributed by atoms with Gasteiger partial charge < -0.3 is 10.4 Å². The summed E-state index contributed by atoms with van der Waals surface area (Å²) < 4.78 is 0. The van der Waals surface area contributed by atoms with Gasteiger partial charge in [0.1, 0.15) is 0 Å². The first kappa shape index (κ1) is 14.0. The number of hydrogen-bond acceptors (Lipinski definition) is 2. The highest BCUT2D eigenvalue weighted by Gasteiger charge is 2.07. The molecule has 0 fully saturated rings. The Morgan fingerprint density at radius 3 is 2.65 bits per heavy atom. The maximum atomic E-state index is 11.7. The fraction of sp³-hybridized carbons (Fsp3) is 0.462. The summed E-state index contributed by atoms with van der Waals surface area (Å²) in [6.45, 7) is 2.10. The van der Waals surface area contributed by atoms with Gasteiger partial charge in [-0.1, -0.05) is 23.7 Å². The molecule has 0 saturated carbocycles. The predicted molar refractivity (Wildman–Crippen MR) is 69.1 cm³/mol. The Morgan fingerprint density at radius 1 is 1.41 bits per heavy atom. The highest BCUT2D eigenvalue weighted by Crippen LogP contribution is 2.10. The van der Waals surface area contributed by atoms with Crippen LogP contribution in [0.1, 0.15) is 25.3 Å². The molecular weight excluding hydrogens is 238 g/mol. The number of hydrogen-bond donors (Lipinski definition) is 2. The second-order valence-electron chi connectivity index (χ2n) is 4.14. The van der Waals surface area contributed by atoms with Crippen molar-refractivity contribution in [3.05, 3.63) is 34.9 Å². The molecule has 0 heterocycles. The number of aliphatic hydroxyl groups excluding tert-OH is 1. The molecule has 1 aromatic carbocycles. The van der Waals surface area contributed by atoms with Crippen molar-refractivity contribution >= 4 is 17.5 Å². The smallest absolute Gasteiger partial charge is 0.224 e. The number of amides is 1. The summed E-state index contributed by atoms with van der Waals surface area (Å²) in [5, 5.41) is 12.3. The van der Waals surface area contributed by atoms with Crippen LogP contribution in [-0.4, -0.2) is 23.7 Å². The summed E-state index contributed by atoms with van der Waals surface area (Å²) in [5.74, 6) is -0.00207. The van der Waals surface area contributed by atoms with Crippen molar-refractivity contribution in [2.45, 2.75) is 32.2 Å². The van der Waals surface area contributed by atoms with Crippen LogP contribution in [0.4, 0.5) is 0 Å². The van der Waals surface area contributed by atoms with Crippen molar-refractivity contribution in [3.63, 3.8) is 0 Å². The Labute approximate surface area is 107 Å². The van der Waals surface area contributed by atoms with Gasteiger partial charge in [-0.05, 0) is 37.5 Å². The zero-order valence-corrected chi connectivity index (χ0v) is 10.7. The van der Waals surface area contributed by atoms with Gasteiger partial charge in [-0.3, -0.25) is 4.79 Å². The molecule has 0 aromatic heterocycles. The summed E-state index contributed by atoms with van der Waals surface area (Å²) >= 11 is 5.77. The molecule has 1 amide bonds. The monoisotopic (exact) mass is 255 g/mol. The third-order valence-corrected chi connectivity index (χ3v) is 2.73. The fourth-order valence-electron chi connectivity index (χ4n) is 1.58. The van der Waals surface area contributed by atoms with E-state index in [0.29, 0.717) is 17.9 Å². The molecule has 0 aliphatic heterocycles. The van der Waals surface area contributed by atoms with Crippen LogP contribution in [-0.2, 0) is 11.2 Å². The van der Waals surface area contributed by atoms with Crippen LogP contribution in [0.3, 0.4) is 0 Å².